The van der Waals surface area contributed by atoms with E-state index in [0.717, 1.165) is 25.2 Å². The van der Waals surface area contributed by atoms with E-state index in [2.05, 4.69) is 12.2 Å². The Labute approximate surface area is 74.7 Å². The van der Waals surface area contributed by atoms with E-state index in [1.165, 1.54) is 25.7 Å². The van der Waals surface area contributed by atoms with Crippen molar-refractivity contribution in [3.05, 3.63) is 0 Å². The molecule has 0 aromatic rings. The Morgan fingerprint density at radius 1 is 1.50 bits per heavy atom. The van der Waals surface area contributed by atoms with E-state index in [4.69, 9.17) is 4.74 Å². The van der Waals surface area contributed by atoms with Gasteiger partial charge < -0.3 is 10.1 Å². The topological polar surface area (TPSA) is 21.3 Å². The maximum atomic E-state index is 5.42. The molecule has 0 radical (unpaired) electrons. The van der Waals surface area contributed by atoms with Gasteiger partial charge in [-0.1, -0.05) is 13.3 Å². The third-order valence-corrected chi connectivity index (χ3v) is 3.06. The summed E-state index contributed by atoms with van der Waals surface area (Å²) in [6.07, 6.45) is 5.28. The van der Waals surface area contributed by atoms with Crippen LogP contribution in [0.1, 0.15) is 32.6 Å². The molecule has 0 aromatic heterocycles. The summed E-state index contributed by atoms with van der Waals surface area (Å²) in [6, 6.07) is 1.47. The standard InChI is InChI=1S/C10H19NO/c1-2-8-6-10(8)11-9-4-3-5-12-7-9/h8-11H,2-7H2,1H3. The first-order valence-corrected chi connectivity index (χ1v) is 5.24. The van der Waals surface area contributed by atoms with Crippen LogP contribution in [0.25, 0.3) is 0 Å². The quantitative estimate of drug-likeness (QED) is 0.692. The van der Waals surface area contributed by atoms with E-state index in [9.17, 15) is 0 Å². The van der Waals surface area contributed by atoms with Gasteiger partial charge in [-0.2, -0.15) is 0 Å². The van der Waals surface area contributed by atoms with Gasteiger partial charge in [0, 0.05) is 18.7 Å². The van der Waals surface area contributed by atoms with E-state index in [-0.39, 0.29) is 0 Å². The molecule has 3 atom stereocenters. The largest absolute Gasteiger partial charge is 0.380 e. The summed E-state index contributed by atoms with van der Waals surface area (Å²) < 4.78 is 5.42. The van der Waals surface area contributed by atoms with Gasteiger partial charge in [0.15, 0.2) is 0 Å². The highest BCUT2D eigenvalue weighted by Crippen LogP contribution is 2.33. The Balaban J connectivity index is 1.66. The van der Waals surface area contributed by atoms with E-state index in [1.54, 1.807) is 0 Å². The van der Waals surface area contributed by atoms with Gasteiger partial charge in [-0.05, 0) is 25.2 Å². The Morgan fingerprint density at radius 3 is 3.00 bits per heavy atom. The van der Waals surface area contributed by atoms with Crippen LogP contribution in [0.5, 0.6) is 0 Å². The first kappa shape index (κ1) is 8.52. The highest BCUT2D eigenvalue weighted by atomic mass is 16.5. The Morgan fingerprint density at radius 2 is 2.42 bits per heavy atom. The van der Waals surface area contributed by atoms with E-state index in [0.29, 0.717) is 6.04 Å². The molecule has 0 aromatic carbocycles. The van der Waals surface area contributed by atoms with Crippen molar-refractivity contribution in [1.29, 1.82) is 0 Å². The molecular weight excluding hydrogens is 150 g/mol. The van der Waals surface area contributed by atoms with Crippen molar-refractivity contribution in [3.63, 3.8) is 0 Å². The number of ether oxygens (including phenoxy) is 1. The van der Waals surface area contributed by atoms with Gasteiger partial charge in [0.1, 0.15) is 0 Å². The summed E-state index contributed by atoms with van der Waals surface area (Å²) in [4.78, 5) is 0. The molecule has 1 heterocycles. The zero-order valence-electron chi connectivity index (χ0n) is 7.88. The maximum absolute atomic E-state index is 5.42. The Kier molecular flexibility index (Phi) is 2.66. The fourth-order valence-corrected chi connectivity index (χ4v) is 2.08. The number of rotatable bonds is 3. The fourth-order valence-electron chi connectivity index (χ4n) is 2.08. The van der Waals surface area contributed by atoms with Crippen molar-refractivity contribution >= 4 is 0 Å². The lowest BCUT2D eigenvalue weighted by Crippen LogP contribution is -2.38. The molecule has 2 heteroatoms. The lowest BCUT2D eigenvalue weighted by atomic mass is 10.1. The maximum Gasteiger partial charge on any atom is 0.0619 e. The molecule has 70 valence electrons. The lowest BCUT2D eigenvalue weighted by molar-refractivity contribution is 0.0694. The Bertz CT molecular complexity index is 143. The molecule has 1 aliphatic heterocycles. The molecule has 2 aliphatic rings. The molecule has 1 aliphatic carbocycles. The van der Waals surface area contributed by atoms with Crippen LogP contribution in [0.2, 0.25) is 0 Å². The molecule has 1 saturated carbocycles. The molecule has 2 nitrogen and oxygen atoms in total. The second kappa shape index (κ2) is 3.75. The predicted octanol–water partition coefficient (Wildman–Crippen LogP) is 1.55. The van der Waals surface area contributed by atoms with Crippen LogP contribution < -0.4 is 5.32 Å². The summed E-state index contributed by atoms with van der Waals surface area (Å²) in [5, 5.41) is 3.67. The van der Waals surface area contributed by atoms with Gasteiger partial charge in [0.25, 0.3) is 0 Å². The average molecular weight is 169 g/mol. The van der Waals surface area contributed by atoms with Crippen LogP contribution >= 0.6 is 0 Å². The first-order chi connectivity index (χ1) is 5.90. The van der Waals surface area contributed by atoms with E-state index in [1.807, 2.05) is 0 Å². The molecule has 1 N–H and O–H groups in total. The highest BCUT2D eigenvalue weighted by Gasteiger charge is 2.36. The smallest absolute Gasteiger partial charge is 0.0619 e. The normalized spacial score (nSPS) is 41.2. The van der Waals surface area contributed by atoms with Crippen LogP contribution in [0.15, 0.2) is 0 Å². The molecule has 2 fully saturated rings. The van der Waals surface area contributed by atoms with Crippen molar-refractivity contribution in [1.82, 2.24) is 5.32 Å². The molecule has 0 bridgehead atoms. The van der Waals surface area contributed by atoms with Crippen LogP contribution in [-0.4, -0.2) is 25.3 Å². The molecule has 0 spiro atoms. The monoisotopic (exact) mass is 169 g/mol. The first-order valence-electron chi connectivity index (χ1n) is 5.24. The fraction of sp³-hybridized carbons (Fsp3) is 1.00. The van der Waals surface area contributed by atoms with Gasteiger partial charge >= 0.3 is 0 Å². The van der Waals surface area contributed by atoms with Gasteiger partial charge in [-0.3, -0.25) is 0 Å². The van der Waals surface area contributed by atoms with Gasteiger partial charge in [0.05, 0.1) is 6.61 Å². The average Bonchev–Trinajstić information content (AvgIpc) is 2.85. The van der Waals surface area contributed by atoms with E-state index >= 15 is 0 Å². The summed E-state index contributed by atoms with van der Waals surface area (Å²) in [5.74, 6) is 0.965. The van der Waals surface area contributed by atoms with Crippen LogP contribution in [0.4, 0.5) is 0 Å². The molecule has 1 saturated heterocycles. The van der Waals surface area contributed by atoms with Gasteiger partial charge in [0.2, 0.25) is 0 Å². The second-order valence-corrected chi connectivity index (χ2v) is 4.09. The van der Waals surface area contributed by atoms with Crippen molar-refractivity contribution in [2.24, 2.45) is 5.92 Å². The summed E-state index contributed by atoms with van der Waals surface area (Å²) in [6.45, 7) is 4.19. The molecule has 3 unspecified atom stereocenters. The zero-order valence-corrected chi connectivity index (χ0v) is 7.88. The highest BCUT2D eigenvalue weighted by molar-refractivity contribution is 4.94. The summed E-state index contributed by atoms with van der Waals surface area (Å²) in [7, 11) is 0. The SMILES string of the molecule is CCC1CC1NC1CCCOC1. The van der Waals surface area contributed by atoms with Crippen LogP contribution in [0.3, 0.4) is 0 Å². The van der Waals surface area contributed by atoms with Crippen molar-refractivity contribution < 1.29 is 4.74 Å². The number of nitrogens with one attached hydrogen (secondary N) is 1. The van der Waals surface area contributed by atoms with Crippen molar-refractivity contribution in [2.45, 2.75) is 44.7 Å². The molecule has 0 amide bonds. The summed E-state index contributed by atoms with van der Waals surface area (Å²) >= 11 is 0. The van der Waals surface area contributed by atoms with Crippen molar-refractivity contribution in [3.8, 4) is 0 Å². The predicted molar refractivity (Wildman–Crippen MR) is 49.2 cm³/mol. The second-order valence-electron chi connectivity index (χ2n) is 4.09. The minimum absolute atomic E-state index is 0.653. The Hall–Kier alpha value is -0.0800. The minimum Gasteiger partial charge on any atom is -0.380 e. The van der Waals surface area contributed by atoms with Crippen molar-refractivity contribution in [2.75, 3.05) is 13.2 Å². The molecular formula is C10H19NO. The zero-order chi connectivity index (χ0) is 8.39. The van der Waals surface area contributed by atoms with Gasteiger partial charge in [-0.25, -0.2) is 0 Å². The number of hydrogen-bond donors (Lipinski definition) is 1. The minimum atomic E-state index is 0.653. The lowest BCUT2D eigenvalue weighted by Gasteiger charge is -2.23. The van der Waals surface area contributed by atoms with E-state index < -0.39 is 0 Å². The number of hydrogen-bond acceptors (Lipinski definition) is 2. The molecule has 2 rings (SSSR count). The summed E-state index contributed by atoms with van der Waals surface area (Å²) in [5.41, 5.74) is 0. The third kappa shape index (κ3) is 1.99. The third-order valence-electron chi connectivity index (χ3n) is 3.06. The van der Waals surface area contributed by atoms with Gasteiger partial charge in [-0.15, -0.1) is 0 Å². The van der Waals surface area contributed by atoms with Crippen LogP contribution in [0, 0.1) is 5.92 Å². The molecule has 12 heavy (non-hydrogen) atoms. The van der Waals surface area contributed by atoms with Crippen LogP contribution in [-0.2, 0) is 4.74 Å².